The molecule has 0 spiro atoms. The minimum atomic E-state index is 0.657. The van der Waals surface area contributed by atoms with Gasteiger partial charge in [0.2, 0.25) is 0 Å². The number of hydrogen-bond acceptors (Lipinski definition) is 3. The van der Waals surface area contributed by atoms with E-state index in [0.29, 0.717) is 6.04 Å². The molecule has 0 amide bonds. The number of nitrogens with one attached hydrogen (secondary N) is 2. The number of anilines is 1. The highest BCUT2D eigenvalue weighted by Gasteiger charge is 2.18. The van der Waals surface area contributed by atoms with Crippen molar-refractivity contribution in [2.45, 2.75) is 45.2 Å². The fourth-order valence-corrected chi connectivity index (χ4v) is 3.46. The zero-order valence-corrected chi connectivity index (χ0v) is 12.6. The monoisotopic (exact) mass is 273 g/mol. The maximum absolute atomic E-state index is 3.65. The van der Waals surface area contributed by atoms with E-state index in [4.69, 9.17) is 0 Å². The molecule has 0 aliphatic carbocycles. The third kappa shape index (κ3) is 3.15. The molecule has 3 heteroatoms. The Hall–Kier alpha value is -1.06. The lowest BCUT2D eigenvalue weighted by atomic mass is 9.99. The summed E-state index contributed by atoms with van der Waals surface area (Å²) in [5.41, 5.74) is 4.30. The first-order valence-electron chi connectivity index (χ1n) is 8.14. The van der Waals surface area contributed by atoms with Gasteiger partial charge in [0.15, 0.2) is 0 Å². The van der Waals surface area contributed by atoms with Crippen molar-refractivity contribution in [2.75, 3.05) is 31.5 Å². The van der Waals surface area contributed by atoms with Gasteiger partial charge in [-0.3, -0.25) is 4.90 Å². The van der Waals surface area contributed by atoms with Gasteiger partial charge >= 0.3 is 0 Å². The van der Waals surface area contributed by atoms with E-state index in [1.807, 2.05) is 0 Å². The summed E-state index contributed by atoms with van der Waals surface area (Å²) in [7, 11) is 0. The van der Waals surface area contributed by atoms with E-state index in [9.17, 15) is 0 Å². The SMILES string of the molecule is CC(CNCc1cccc2c1NCCC2)N1CCCC1. The largest absolute Gasteiger partial charge is 0.385 e. The van der Waals surface area contributed by atoms with Crippen molar-refractivity contribution >= 4 is 5.69 Å². The maximum Gasteiger partial charge on any atom is 0.0418 e. The zero-order valence-electron chi connectivity index (χ0n) is 12.6. The molecule has 2 aliphatic heterocycles. The first kappa shape index (κ1) is 13.9. The van der Waals surface area contributed by atoms with Crippen LogP contribution in [0.4, 0.5) is 5.69 Å². The molecular formula is C17H27N3. The summed E-state index contributed by atoms with van der Waals surface area (Å²) in [4.78, 5) is 2.60. The van der Waals surface area contributed by atoms with Gasteiger partial charge < -0.3 is 10.6 Å². The first-order valence-corrected chi connectivity index (χ1v) is 8.14. The number of hydrogen-bond donors (Lipinski definition) is 2. The van der Waals surface area contributed by atoms with Crippen molar-refractivity contribution in [2.24, 2.45) is 0 Å². The summed E-state index contributed by atoms with van der Waals surface area (Å²) in [6.07, 6.45) is 5.23. The first-order chi connectivity index (χ1) is 9.84. The van der Waals surface area contributed by atoms with Crippen LogP contribution in [0.3, 0.4) is 0 Å². The van der Waals surface area contributed by atoms with Crippen LogP contribution in [0.25, 0.3) is 0 Å². The maximum atomic E-state index is 3.65. The second-order valence-corrected chi connectivity index (χ2v) is 6.20. The lowest BCUT2D eigenvalue weighted by molar-refractivity contribution is 0.251. The average molecular weight is 273 g/mol. The Bertz CT molecular complexity index is 438. The van der Waals surface area contributed by atoms with E-state index in [1.54, 1.807) is 0 Å². The Labute approximate surface area is 122 Å². The van der Waals surface area contributed by atoms with Gasteiger partial charge in [0.05, 0.1) is 0 Å². The van der Waals surface area contributed by atoms with Crippen molar-refractivity contribution in [1.29, 1.82) is 0 Å². The van der Waals surface area contributed by atoms with Gasteiger partial charge in [0.25, 0.3) is 0 Å². The summed E-state index contributed by atoms with van der Waals surface area (Å²) in [6, 6.07) is 7.37. The molecule has 1 saturated heterocycles. The number of fused-ring (bicyclic) bond motifs is 1. The number of aryl methyl sites for hydroxylation is 1. The summed E-state index contributed by atoms with van der Waals surface area (Å²) in [5, 5.41) is 7.22. The molecule has 20 heavy (non-hydrogen) atoms. The molecule has 0 radical (unpaired) electrons. The molecule has 1 atom stereocenters. The van der Waals surface area contributed by atoms with Crippen LogP contribution in [0, 0.1) is 0 Å². The van der Waals surface area contributed by atoms with Crippen LogP contribution in [0.5, 0.6) is 0 Å². The molecule has 0 bridgehead atoms. The third-order valence-corrected chi connectivity index (χ3v) is 4.68. The van der Waals surface area contributed by atoms with E-state index >= 15 is 0 Å². The topological polar surface area (TPSA) is 27.3 Å². The van der Waals surface area contributed by atoms with Crippen molar-refractivity contribution in [1.82, 2.24) is 10.2 Å². The minimum Gasteiger partial charge on any atom is -0.385 e. The normalized spacial score (nSPS) is 20.4. The Morgan fingerprint density at radius 1 is 1.25 bits per heavy atom. The minimum absolute atomic E-state index is 0.657. The third-order valence-electron chi connectivity index (χ3n) is 4.68. The molecule has 3 nitrogen and oxygen atoms in total. The van der Waals surface area contributed by atoms with Crippen LogP contribution in [-0.4, -0.2) is 37.1 Å². The summed E-state index contributed by atoms with van der Waals surface area (Å²) >= 11 is 0. The Kier molecular flexibility index (Phi) is 4.58. The summed E-state index contributed by atoms with van der Waals surface area (Å²) in [5.74, 6) is 0. The molecule has 1 fully saturated rings. The molecule has 1 aromatic rings. The van der Waals surface area contributed by atoms with Gasteiger partial charge in [0, 0.05) is 31.4 Å². The lowest BCUT2D eigenvalue weighted by Crippen LogP contribution is -2.38. The van der Waals surface area contributed by atoms with E-state index in [0.717, 1.165) is 19.6 Å². The number of para-hydroxylation sites is 1. The van der Waals surface area contributed by atoms with Gasteiger partial charge in [-0.05, 0) is 56.8 Å². The summed E-state index contributed by atoms with van der Waals surface area (Å²) < 4.78 is 0. The van der Waals surface area contributed by atoms with Crippen molar-refractivity contribution in [3.05, 3.63) is 29.3 Å². The van der Waals surface area contributed by atoms with Crippen LogP contribution >= 0.6 is 0 Å². The van der Waals surface area contributed by atoms with Gasteiger partial charge in [-0.15, -0.1) is 0 Å². The Morgan fingerprint density at radius 3 is 2.95 bits per heavy atom. The standard InChI is InChI=1S/C17H27N3/c1-14(20-10-2-3-11-20)12-18-13-16-7-4-6-15-8-5-9-19-17(15)16/h4,6-7,14,18-19H,2-3,5,8-13H2,1H3. The second kappa shape index (κ2) is 6.59. The van der Waals surface area contributed by atoms with Crippen LogP contribution in [-0.2, 0) is 13.0 Å². The molecular weight excluding hydrogens is 246 g/mol. The molecule has 0 aromatic heterocycles. The van der Waals surface area contributed by atoms with Crippen molar-refractivity contribution in [3.8, 4) is 0 Å². The lowest BCUT2D eigenvalue weighted by Gasteiger charge is -2.25. The van der Waals surface area contributed by atoms with Gasteiger partial charge in [0.1, 0.15) is 0 Å². The van der Waals surface area contributed by atoms with Gasteiger partial charge in [-0.1, -0.05) is 18.2 Å². The number of benzene rings is 1. The van der Waals surface area contributed by atoms with Crippen LogP contribution in [0.2, 0.25) is 0 Å². The molecule has 1 aromatic carbocycles. The van der Waals surface area contributed by atoms with Crippen LogP contribution in [0.1, 0.15) is 37.3 Å². The molecule has 2 N–H and O–H groups in total. The van der Waals surface area contributed by atoms with E-state index < -0.39 is 0 Å². The van der Waals surface area contributed by atoms with Crippen molar-refractivity contribution in [3.63, 3.8) is 0 Å². The smallest absolute Gasteiger partial charge is 0.0418 e. The van der Waals surface area contributed by atoms with Crippen LogP contribution < -0.4 is 10.6 Å². The number of nitrogens with zero attached hydrogens (tertiary/aromatic N) is 1. The van der Waals surface area contributed by atoms with Gasteiger partial charge in [-0.25, -0.2) is 0 Å². The van der Waals surface area contributed by atoms with E-state index in [2.05, 4.69) is 40.7 Å². The molecule has 2 aliphatic rings. The Balaban J connectivity index is 1.53. The summed E-state index contributed by atoms with van der Waals surface area (Å²) in [6.45, 7) is 8.10. The predicted molar refractivity (Wildman–Crippen MR) is 85.2 cm³/mol. The average Bonchev–Trinajstić information content (AvgIpc) is 3.02. The van der Waals surface area contributed by atoms with E-state index in [-0.39, 0.29) is 0 Å². The molecule has 110 valence electrons. The quantitative estimate of drug-likeness (QED) is 0.863. The fourth-order valence-electron chi connectivity index (χ4n) is 3.46. The Morgan fingerprint density at radius 2 is 2.10 bits per heavy atom. The molecule has 3 rings (SSSR count). The highest BCUT2D eigenvalue weighted by Crippen LogP contribution is 2.25. The van der Waals surface area contributed by atoms with Crippen molar-refractivity contribution < 1.29 is 0 Å². The van der Waals surface area contributed by atoms with Crippen LogP contribution in [0.15, 0.2) is 18.2 Å². The number of likely N-dealkylation sites (tertiary alicyclic amines) is 1. The molecule has 0 saturated carbocycles. The predicted octanol–water partition coefficient (Wildman–Crippen LogP) is 2.62. The highest BCUT2D eigenvalue weighted by molar-refractivity contribution is 5.59. The fraction of sp³-hybridized carbons (Fsp3) is 0.647. The molecule has 1 unspecified atom stereocenters. The molecule has 2 heterocycles. The highest BCUT2D eigenvalue weighted by atomic mass is 15.2. The second-order valence-electron chi connectivity index (χ2n) is 6.20. The zero-order chi connectivity index (χ0) is 13.8. The van der Waals surface area contributed by atoms with E-state index in [1.165, 1.54) is 55.6 Å². The van der Waals surface area contributed by atoms with Gasteiger partial charge in [-0.2, -0.15) is 0 Å². The number of rotatable bonds is 5.